The van der Waals surface area contributed by atoms with E-state index in [4.69, 9.17) is 0 Å². The van der Waals surface area contributed by atoms with Crippen LogP contribution in [0.5, 0.6) is 0 Å². The molecule has 1 saturated heterocycles. The molecule has 1 fully saturated rings. The van der Waals surface area contributed by atoms with Crippen molar-refractivity contribution in [1.82, 2.24) is 4.90 Å². The molecular weight excluding hydrogens is 308 g/mol. The molecule has 0 unspecified atom stereocenters. The number of para-hydroxylation sites is 1. The van der Waals surface area contributed by atoms with Crippen molar-refractivity contribution in [3.05, 3.63) is 78.0 Å². The van der Waals surface area contributed by atoms with Crippen LogP contribution in [0.1, 0.15) is 24.3 Å². The topological polar surface area (TPSA) is 23.6 Å². The van der Waals surface area contributed by atoms with Crippen molar-refractivity contribution >= 4 is 11.5 Å². The molecule has 1 aliphatic carbocycles. The van der Waals surface area contributed by atoms with Crippen molar-refractivity contribution in [1.29, 1.82) is 0 Å². The fourth-order valence-electron chi connectivity index (χ4n) is 3.94. The summed E-state index contributed by atoms with van der Waals surface area (Å²) in [7, 11) is 0. The summed E-state index contributed by atoms with van der Waals surface area (Å²) in [6, 6.07) is 21.0. The van der Waals surface area contributed by atoms with Crippen molar-refractivity contribution in [2.75, 3.05) is 31.1 Å². The van der Waals surface area contributed by atoms with Gasteiger partial charge in [-0.1, -0.05) is 48.5 Å². The summed E-state index contributed by atoms with van der Waals surface area (Å²) in [5.41, 5.74) is 3.79. The molecule has 0 spiro atoms. The first-order valence-electron chi connectivity index (χ1n) is 9.13. The van der Waals surface area contributed by atoms with Crippen LogP contribution >= 0.6 is 0 Å². The Labute approximate surface area is 149 Å². The van der Waals surface area contributed by atoms with Gasteiger partial charge in [-0.15, -0.1) is 0 Å². The molecule has 0 bridgehead atoms. The van der Waals surface area contributed by atoms with E-state index in [1.54, 1.807) is 0 Å². The van der Waals surface area contributed by atoms with E-state index in [1.807, 2.05) is 12.1 Å². The van der Waals surface area contributed by atoms with E-state index in [1.165, 1.54) is 16.9 Å². The highest BCUT2D eigenvalue weighted by atomic mass is 16.1. The number of ketones is 1. The van der Waals surface area contributed by atoms with Gasteiger partial charge in [0.15, 0.2) is 5.78 Å². The monoisotopic (exact) mass is 332 g/mol. The molecule has 3 nitrogen and oxygen atoms in total. The number of benzene rings is 2. The summed E-state index contributed by atoms with van der Waals surface area (Å²) in [5.74, 6) is 0.585. The van der Waals surface area contributed by atoms with Crippen LogP contribution in [0, 0.1) is 0 Å². The molecule has 25 heavy (non-hydrogen) atoms. The smallest absolute Gasteiger partial charge is 0.158 e. The zero-order chi connectivity index (χ0) is 17.1. The lowest BCUT2D eigenvalue weighted by atomic mass is 9.85. The molecule has 2 aromatic carbocycles. The van der Waals surface area contributed by atoms with Crippen molar-refractivity contribution in [2.24, 2.45) is 0 Å². The third-order valence-corrected chi connectivity index (χ3v) is 5.31. The van der Waals surface area contributed by atoms with Crippen molar-refractivity contribution in [3.63, 3.8) is 0 Å². The van der Waals surface area contributed by atoms with Gasteiger partial charge in [0.2, 0.25) is 0 Å². The van der Waals surface area contributed by atoms with E-state index in [9.17, 15) is 4.79 Å². The molecule has 128 valence electrons. The fourth-order valence-corrected chi connectivity index (χ4v) is 3.94. The second kappa shape index (κ2) is 7.14. The quantitative estimate of drug-likeness (QED) is 0.853. The van der Waals surface area contributed by atoms with Crippen LogP contribution in [-0.2, 0) is 4.79 Å². The lowest BCUT2D eigenvalue weighted by molar-refractivity contribution is -0.115. The number of carbonyl (C=O) groups is 1. The van der Waals surface area contributed by atoms with Gasteiger partial charge in [0.1, 0.15) is 0 Å². The first kappa shape index (κ1) is 15.9. The zero-order valence-corrected chi connectivity index (χ0v) is 14.5. The molecule has 0 amide bonds. The molecule has 2 aromatic rings. The van der Waals surface area contributed by atoms with Gasteiger partial charge < -0.3 is 9.80 Å². The highest BCUT2D eigenvalue weighted by molar-refractivity contribution is 5.92. The molecule has 0 radical (unpaired) electrons. The van der Waals surface area contributed by atoms with Crippen LogP contribution < -0.4 is 4.90 Å². The lowest BCUT2D eigenvalue weighted by Crippen LogP contribution is -2.46. The molecular formula is C22H24N2O. The third-order valence-electron chi connectivity index (χ3n) is 5.31. The lowest BCUT2D eigenvalue weighted by Gasteiger charge is -2.40. The maximum Gasteiger partial charge on any atom is 0.158 e. The van der Waals surface area contributed by atoms with E-state index < -0.39 is 0 Å². The Balaban J connectivity index is 1.43. The predicted molar refractivity (Wildman–Crippen MR) is 102 cm³/mol. The molecule has 0 saturated carbocycles. The molecule has 1 aliphatic heterocycles. The fraction of sp³-hybridized carbons (Fsp3) is 0.318. The molecule has 1 heterocycles. The van der Waals surface area contributed by atoms with E-state index in [-0.39, 0.29) is 5.78 Å². The van der Waals surface area contributed by atoms with Gasteiger partial charge in [-0.25, -0.2) is 0 Å². The summed E-state index contributed by atoms with van der Waals surface area (Å²) in [4.78, 5) is 17.1. The van der Waals surface area contributed by atoms with Gasteiger partial charge >= 0.3 is 0 Å². The van der Waals surface area contributed by atoms with Gasteiger partial charge in [-0.05, 0) is 30.0 Å². The van der Waals surface area contributed by atoms with Gasteiger partial charge in [-0.2, -0.15) is 0 Å². The van der Waals surface area contributed by atoms with E-state index in [0.717, 1.165) is 32.6 Å². The second-order valence-electron chi connectivity index (χ2n) is 6.93. The molecule has 0 N–H and O–H groups in total. The zero-order valence-electron chi connectivity index (χ0n) is 14.5. The summed E-state index contributed by atoms with van der Waals surface area (Å²) >= 11 is 0. The highest BCUT2D eigenvalue weighted by Gasteiger charge is 2.27. The summed E-state index contributed by atoms with van der Waals surface area (Å²) in [6.45, 7) is 3.97. The number of piperazine rings is 1. The number of nitrogens with zero attached hydrogens (tertiary/aromatic N) is 2. The largest absolute Gasteiger partial charge is 0.371 e. The van der Waals surface area contributed by atoms with Gasteiger partial charge in [0.25, 0.3) is 0 Å². The van der Waals surface area contributed by atoms with Gasteiger partial charge in [-0.3, -0.25) is 4.79 Å². The molecule has 4 rings (SSSR count). The average Bonchev–Trinajstić information content (AvgIpc) is 2.69. The number of hydrogen-bond acceptors (Lipinski definition) is 3. The Morgan fingerprint density at radius 1 is 0.720 bits per heavy atom. The first-order valence-corrected chi connectivity index (χ1v) is 9.13. The van der Waals surface area contributed by atoms with Crippen LogP contribution in [0.3, 0.4) is 0 Å². The summed E-state index contributed by atoms with van der Waals surface area (Å²) in [5, 5.41) is 0. The van der Waals surface area contributed by atoms with Crippen LogP contribution in [0.15, 0.2) is 72.4 Å². The number of allylic oxidation sites excluding steroid dienone is 2. The Hall–Kier alpha value is -2.55. The normalized spacial score (nSPS) is 21.2. The van der Waals surface area contributed by atoms with Crippen molar-refractivity contribution in [3.8, 4) is 0 Å². The van der Waals surface area contributed by atoms with E-state index in [0.29, 0.717) is 12.3 Å². The van der Waals surface area contributed by atoms with Crippen LogP contribution in [0.25, 0.3) is 0 Å². The third kappa shape index (κ3) is 3.60. The molecule has 0 aromatic heterocycles. The standard InChI is InChI=1S/C22H24N2O/c25-22-16-19(18-7-3-1-4-8-18)15-21(17-22)24-13-11-23(12-14-24)20-9-5-2-6-10-20/h1-10,17,19H,11-16H2/t19-/m0/s1. The van der Waals surface area contributed by atoms with Crippen molar-refractivity contribution in [2.45, 2.75) is 18.8 Å². The molecule has 1 atom stereocenters. The van der Waals surface area contributed by atoms with Crippen molar-refractivity contribution < 1.29 is 4.79 Å². The SMILES string of the molecule is O=C1C=C(N2CCN(c3ccccc3)CC2)C[C@H](c2ccccc2)C1. The Bertz CT molecular complexity index is 746. The minimum atomic E-state index is 0.264. The minimum Gasteiger partial charge on any atom is -0.371 e. The number of carbonyl (C=O) groups excluding carboxylic acids is 1. The van der Waals surface area contributed by atoms with E-state index >= 15 is 0 Å². The highest BCUT2D eigenvalue weighted by Crippen LogP contribution is 2.33. The number of anilines is 1. The summed E-state index contributed by atoms with van der Waals surface area (Å²) < 4.78 is 0. The van der Waals surface area contributed by atoms with Crippen LogP contribution in [0.4, 0.5) is 5.69 Å². The number of rotatable bonds is 3. The second-order valence-corrected chi connectivity index (χ2v) is 6.93. The Kier molecular flexibility index (Phi) is 4.55. The maximum atomic E-state index is 12.3. The number of hydrogen-bond donors (Lipinski definition) is 0. The minimum absolute atomic E-state index is 0.264. The maximum absolute atomic E-state index is 12.3. The molecule has 3 heteroatoms. The van der Waals surface area contributed by atoms with E-state index in [2.05, 4.69) is 64.4 Å². The predicted octanol–water partition coefficient (Wildman–Crippen LogP) is 3.84. The molecule has 2 aliphatic rings. The average molecular weight is 332 g/mol. The van der Waals surface area contributed by atoms with Crippen LogP contribution in [-0.4, -0.2) is 36.9 Å². The van der Waals surface area contributed by atoms with Gasteiger partial charge in [0.05, 0.1) is 0 Å². The van der Waals surface area contributed by atoms with Crippen LogP contribution in [0.2, 0.25) is 0 Å². The first-order chi connectivity index (χ1) is 12.3. The van der Waals surface area contributed by atoms with Gasteiger partial charge in [0, 0.05) is 50.1 Å². The Morgan fingerprint density at radius 3 is 2.00 bits per heavy atom. The summed E-state index contributed by atoms with van der Waals surface area (Å²) in [6.07, 6.45) is 3.50. The Morgan fingerprint density at radius 2 is 1.32 bits per heavy atom.